The second-order valence-corrected chi connectivity index (χ2v) is 6.93. The molecule has 0 bridgehead atoms. The third-order valence-corrected chi connectivity index (χ3v) is 4.19. The number of piperazine rings is 1. The number of carbonyl (C=O) groups excluding carboxylic acids is 2. The van der Waals surface area contributed by atoms with E-state index in [9.17, 15) is 9.59 Å². The van der Waals surface area contributed by atoms with Gasteiger partial charge in [0.1, 0.15) is 6.61 Å². The van der Waals surface area contributed by atoms with Crippen molar-refractivity contribution in [1.82, 2.24) is 9.80 Å². The van der Waals surface area contributed by atoms with Crippen LogP contribution in [0.1, 0.15) is 36.7 Å². The monoisotopic (exact) mass is 318 g/mol. The van der Waals surface area contributed by atoms with Crippen LogP contribution in [0.4, 0.5) is 0 Å². The molecule has 0 aliphatic carbocycles. The molecule has 1 aromatic carbocycles. The molecule has 2 rings (SSSR count). The molecule has 1 aliphatic heterocycles. The molecule has 5 nitrogen and oxygen atoms in total. The van der Waals surface area contributed by atoms with Crippen LogP contribution < -0.4 is 0 Å². The van der Waals surface area contributed by atoms with E-state index >= 15 is 0 Å². The number of benzene rings is 1. The number of carbonyl (C=O) groups is 2. The molecule has 1 aromatic rings. The summed E-state index contributed by atoms with van der Waals surface area (Å²) in [5.74, 6) is 0.0124. The fourth-order valence-electron chi connectivity index (χ4n) is 2.67. The van der Waals surface area contributed by atoms with E-state index in [1.165, 1.54) is 12.7 Å². The first kappa shape index (κ1) is 17.5. The number of amides is 2. The first-order valence-corrected chi connectivity index (χ1v) is 7.99. The largest absolute Gasteiger partial charge is 0.375 e. The third kappa shape index (κ3) is 4.32. The number of rotatable bonds is 3. The van der Waals surface area contributed by atoms with Crippen molar-refractivity contribution in [2.45, 2.75) is 26.2 Å². The van der Waals surface area contributed by atoms with Crippen LogP contribution in [-0.4, -0.2) is 61.5 Å². The van der Waals surface area contributed by atoms with E-state index in [0.29, 0.717) is 31.7 Å². The third-order valence-electron chi connectivity index (χ3n) is 4.19. The molecule has 0 unspecified atom stereocenters. The highest BCUT2D eigenvalue weighted by molar-refractivity contribution is 5.94. The SMILES string of the molecule is COCC(=O)N1CCN(C(=O)c2ccc(C(C)(C)C)cc2)CC1. The Kier molecular flexibility index (Phi) is 5.42. The van der Waals surface area contributed by atoms with E-state index < -0.39 is 0 Å². The minimum Gasteiger partial charge on any atom is -0.375 e. The minimum absolute atomic E-state index is 0.0193. The van der Waals surface area contributed by atoms with Crippen molar-refractivity contribution in [1.29, 1.82) is 0 Å². The summed E-state index contributed by atoms with van der Waals surface area (Å²) in [6, 6.07) is 7.83. The first-order valence-electron chi connectivity index (χ1n) is 7.99. The van der Waals surface area contributed by atoms with Gasteiger partial charge in [0.2, 0.25) is 5.91 Å². The standard InChI is InChI=1S/C18H26N2O3/c1-18(2,3)15-7-5-14(6-8-15)17(22)20-11-9-19(10-12-20)16(21)13-23-4/h5-8H,9-13H2,1-4H3. The predicted molar refractivity (Wildman–Crippen MR) is 89.5 cm³/mol. The van der Waals surface area contributed by atoms with Gasteiger partial charge in [-0.3, -0.25) is 9.59 Å². The summed E-state index contributed by atoms with van der Waals surface area (Å²) in [4.78, 5) is 27.9. The van der Waals surface area contributed by atoms with Gasteiger partial charge in [0, 0.05) is 38.9 Å². The van der Waals surface area contributed by atoms with Crippen molar-refractivity contribution in [3.63, 3.8) is 0 Å². The summed E-state index contributed by atoms with van der Waals surface area (Å²) in [6.07, 6.45) is 0. The van der Waals surface area contributed by atoms with Crippen LogP contribution in [0.5, 0.6) is 0 Å². The van der Waals surface area contributed by atoms with Crippen molar-refractivity contribution < 1.29 is 14.3 Å². The molecule has 23 heavy (non-hydrogen) atoms. The Morgan fingerprint density at radius 3 is 2.00 bits per heavy atom. The molecule has 0 N–H and O–H groups in total. The maximum atomic E-state index is 12.6. The maximum absolute atomic E-state index is 12.6. The Labute approximate surface area is 138 Å². The molecule has 0 saturated carbocycles. The van der Waals surface area contributed by atoms with Crippen LogP contribution in [0.15, 0.2) is 24.3 Å². The Hall–Kier alpha value is -1.88. The van der Waals surface area contributed by atoms with Gasteiger partial charge >= 0.3 is 0 Å². The molecule has 0 radical (unpaired) electrons. The number of ether oxygens (including phenoxy) is 1. The molecular formula is C18H26N2O3. The van der Waals surface area contributed by atoms with Crippen LogP contribution in [-0.2, 0) is 14.9 Å². The van der Waals surface area contributed by atoms with Gasteiger partial charge in [-0.05, 0) is 23.1 Å². The summed E-state index contributed by atoms with van der Waals surface area (Å²) >= 11 is 0. The Balaban J connectivity index is 1.96. The molecule has 1 aliphatic rings. The lowest BCUT2D eigenvalue weighted by atomic mass is 9.86. The average molecular weight is 318 g/mol. The molecule has 1 heterocycles. The quantitative estimate of drug-likeness (QED) is 0.855. The summed E-state index contributed by atoms with van der Waals surface area (Å²) in [5.41, 5.74) is 1.99. The zero-order chi connectivity index (χ0) is 17.0. The second-order valence-electron chi connectivity index (χ2n) is 6.93. The van der Waals surface area contributed by atoms with Gasteiger partial charge in [0.15, 0.2) is 0 Å². The number of hydrogen-bond donors (Lipinski definition) is 0. The summed E-state index contributed by atoms with van der Waals surface area (Å²) in [6.45, 7) is 8.81. The van der Waals surface area contributed by atoms with Crippen molar-refractivity contribution in [3.8, 4) is 0 Å². The summed E-state index contributed by atoms with van der Waals surface area (Å²) in [7, 11) is 1.51. The van der Waals surface area contributed by atoms with Crippen LogP contribution in [0.3, 0.4) is 0 Å². The average Bonchev–Trinajstić information content (AvgIpc) is 2.54. The molecule has 2 amide bonds. The van der Waals surface area contributed by atoms with E-state index in [1.54, 1.807) is 4.90 Å². The van der Waals surface area contributed by atoms with Gasteiger partial charge in [-0.1, -0.05) is 32.9 Å². The van der Waals surface area contributed by atoms with Crippen LogP contribution in [0.25, 0.3) is 0 Å². The molecule has 5 heteroatoms. The zero-order valence-corrected chi connectivity index (χ0v) is 14.5. The van der Waals surface area contributed by atoms with E-state index in [2.05, 4.69) is 20.8 Å². The molecular weight excluding hydrogens is 292 g/mol. The lowest BCUT2D eigenvalue weighted by Gasteiger charge is -2.34. The molecule has 0 aromatic heterocycles. The number of methoxy groups -OCH3 is 1. The number of hydrogen-bond acceptors (Lipinski definition) is 3. The predicted octanol–water partition coefficient (Wildman–Crippen LogP) is 1.91. The van der Waals surface area contributed by atoms with E-state index in [1.807, 2.05) is 29.2 Å². The molecule has 0 spiro atoms. The lowest BCUT2D eigenvalue weighted by Crippen LogP contribution is -2.51. The van der Waals surface area contributed by atoms with Crippen LogP contribution in [0.2, 0.25) is 0 Å². The Morgan fingerprint density at radius 2 is 1.52 bits per heavy atom. The van der Waals surface area contributed by atoms with Crippen molar-refractivity contribution in [3.05, 3.63) is 35.4 Å². The van der Waals surface area contributed by atoms with E-state index in [0.717, 1.165) is 0 Å². The number of nitrogens with zero attached hydrogens (tertiary/aromatic N) is 2. The molecule has 126 valence electrons. The topological polar surface area (TPSA) is 49.9 Å². The molecule has 1 fully saturated rings. The van der Waals surface area contributed by atoms with Gasteiger partial charge < -0.3 is 14.5 Å². The second kappa shape index (κ2) is 7.13. The zero-order valence-electron chi connectivity index (χ0n) is 14.5. The highest BCUT2D eigenvalue weighted by atomic mass is 16.5. The molecule has 1 saturated heterocycles. The van der Waals surface area contributed by atoms with Gasteiger partial charge in [-0.15, -0.1) is 0 Å². The summed E-state index contributed by atoms with van der Waals surface area (Å²) in [5, 5.41) is 0. The van der Waals surface area contributed by atoms with Crippen LogP contribution >= 0.6 is 0 Å². The van der Waals surface area contributed by atoms with Crippen LogP contribution in [0, 0.1) is 0 Å². The Morgan fingerprint density at radius 1 is 1.00 bits per heavy atom. The minimum atomic E-state index is -0.0193. The highest BCUT2D eigenvalue weighted by Gasteiger charge is 2.25. The van der Waals surface area contributed by atoms with Crippen molar-refractivity contribution in [2.75, 3.05) is 39.9 Å². The van der Waals surface area contributed by atoms with E-state index in [-0.39, 0.29) is 23.8 Å². The van der Waals surface area contributed by atoms with Gasteiger partial charge in [-0.25, -0.2) is 0 Å². The van der Waals surface area contributed by atoms with Crippen molar-refractivity contribution in [2.24, 2.45) is 0 Å². The molecule has 0 atom stereocenters. The smallest absolute Gasteiger partial charge is 0.253 e. The normalized spacial score (nSPS) is 15.7. The maximum Gasteiger partial charge on any atom is 0.253 e. The van der Waals surface area contributed by atoms with Gasteiger partial charge in [-0.2, -0.15) is 0 Å². The Bertz CT molecular complexity index is 553. The van der Waals surface area contributed by atoms with Gasteiger partial charge in [0.05, 0.1) is 0 Å². The first-order chi connectivity index (χ1) is 10.8. The van der Waals surface area contributed by atoms with E-state index in [4.69, 9.17) is 4.74 Å². The lowest BCUT2D eigenvalue weighted by molar-refractivity contribution is -0.136. The highest BCUT2D eigenvalue weighted by Crippen LogP contribution is 2.22. The summed E-state index contributed by atoms with van der Waals surface area (Å²) < 4.78 is 4.87. The fraction of sp³-hybridized carbons (Fsp3) is 0.556. The van der Waals surface area contributed by atoms with Gasteiger partial charge in [0.25, 0.3) is 5.91 Å². The van der Waals surface area contributed by atoms with Crippen molar-refractivity contribution >= 4 is 11.8 Å². The fourth-order valence-corrected chi connectivity index (χ4v) is 2.67.